The standard InChI is InChI=1S/C16H21FN4/c1-5-18-15-14(10(2)3)16(20-9-19-15)21-13-7-6-11(4)8-12(13)17/h6-10H,5H2,1-4H3,(H2,18,19,20,21). The van der Waals surface area contributed by atoms with Gasteiger partial charge in [-0.05, 0) is 37.5 Å². The molecule has 2 aromatic rings. The first kappa shape index (κ1) is 15.2. The minimum absolute atomic E-state index is 0.219. The molecule has 0 aliphatic carbocycles. The Balaban J connectivity index is 2.41. The van der Waals surface area contributed by atoms with Crippen molar-refractivity contribution in [3.8, 4) is 0 Å². The van der Waals surface area contributed by atoms with E-state index in [0.29, 0.717) is 11.5 Å². The fraction of sp³-hybridized carbons (Fsp3) is 0.375. The van der Waals surface area contributed by atoms with E-state index in [4.69, 9.17) is 0 Å². The lowest BCUT2D eigenvalue weighted by molar-refractivity contribution is 0.630. The van der Waals surface area contributed by atoms with E-state index < -0.39 is 0 Å². The molecule has 0 unspecified atom stereocenters. The van der Waals surface area contributed by atoms with Crippen LogP contribution < -0.4 is 10.6 Å². The number of nitrogens with one attached hydrogen (secondary N) is 2. The number of hydrogen-bond acceptors (Lipinski definition) is 4. The van der Waals surface area contributed by atoms with E-state index in [1.54, 1.807) is 6.07 Å². The van der Waals surface area contributed by atoms with Gasteiger partial charge >= 0.3 is 0 Å². The van der Waals surface area contributed by atoms with Crippen LogP contribution in [0.1, 0.15) is 37.8 Å². The molecule has 21 heavy (non-hydrogen) atoms. The van der Waals surface area contributed by atoms with E-state index in [0.717, 1.165) is 23.5 Å². The zero-order valence-electron chi connectivity index (χ0n) is 12.9. The highest BCUT2D eigenvalue weighted by Crippen LogP contribution is 2.31. The van der Waals surface area contributed by atoms with Gasteiger partial charge in [0.15, 0.2) is 0 Å². The molecule has 2 rings (SSSR count). The van der Waals surface area contributed by atoms with Gasteiger partial charge in [-0.25, -0.2) is 14.4 Å². The summed E-state index contributed by atoms with van der Waals surface area (Å²) in [5.74, 6) is 1.36. The summed E-state index contributed by atoms with van der Waals surface area (Å²) in [5, 5.41) is 6.30. The van der Waals surface area contributed by atoms with Crippen LogP contribution in [0.5, 0.6) is 0 Å². The third kappa shape index (κ3) is 3.48. The van der Waals surface area contributed by atoms with E-state index in [2.05, 4.69) is 34.4 Å². The third-order valence-electron chi connectivity index (χ3n) is 3.18. The molecule has 5 heteroatoms. The van der Waals surface area contributed by atoms with Gasteiger partial charge in [0, 0.05) is 12.1 Å². The number of halogens is 1. The Morgan fingerprint density at radius 1 is 1.19 bits per heavy atom. The van der Waals surface area contributed by atoms with Crippen molar-refractivity contribution >= 4 is 17.3 Å². The first-order chi connectivity index (χ1) is 10.0. The van der Waals surface area contributed by atoms with Crippen LogP contribution in [0, 0.1) is 12.7 Å². The molecule has 1 aromatic carbocycles. The van der Waals surface area contributed by atoms with Gasteiger partial charge in [-0.2, -0.15) is 0 Å². The minimum atomic E-state index is -0.284. The van der Waals surface area contributed by atoms with E-state index >= 15 is 0 Å². The second-order valence-electron chi connectivity index (χ2n) is 5.28. The zero-order valence-corrected chi connectivity index (χ0v) is 12.9. The molecule has 0 saturated heterocycles. The maximum absolute atomic E-state index is 14.0. The predicted molar refractivity (Wildman–Crippen MR) is 84.7 cm³/mol. The molecular formula is C16H21FN4. The second kappa shape index (κ2) is 6.52. The number of hydrogen-bond donors (Lipinski definition) is 2. The molecule has 0 amide bonds. The number of aryl methyl sites for hydroxylation is 1. The van der Waals surface area contributed by atoms with Gasteiger partial charge in [0.05, 0.1) is 5.69 Å². The largest absolute Gasteiger partial charge is 0.370 e. The van der Waals surface area contributed by atoms with Gasteiger partial charge in [0.1, 0.15) is 23.8 Å². The molecule has 0 bridgehead atoms. The fourth-order valence-corrected chi connectivity index (χ4v) is 2.20. The van der Waals surface area contributed by atoms with Crippen LogP contribution in [-0.4, -0.2) is 16.5 Å². The number of nitrogens with zero attached hydrogens (tertiary/aromatic N) is 2. The second-order valence-corrected chi connectivity index (χ2v) is 5.28. The van der Waals surface area contributed by atoms with Gasteiger partial charge in [0.2, 0.25) is 0 Å². The third-order valence-corrected chi connectivity index (χ3v) is 3.18. The smallest absolute Gasteiger partial charge is 0.146 e. The predicted octanol–water partition coefficient (Wildman–Crippen LogP) is 4.22. The molecule has 4 nitrogen and oxygen atoms in total. The van der Waals surface area contributed by atoms with E-state index in [-0.39, 0.29) is 11.7 Å². The average Bonchev–Trinajstić information content (AvgIpc) is 2.42. The lowest BCUT2D eigenvalue weighted by Gasteiger charge is -2.17. The Kier molecular flexibility index (Phi) is 4.73. The summed E-state index contributed by atoms with van der Waals surface area (Å²) < 4.78 is 14.0. The molecule has 0 spiro atoms. The highest BCUT2D eigenvalue weighted by Gasteiger charge is 2.15. The topological polar surface area (TPSA) is 49.8 Å². The summed E-state index contributed by atoms with van der Waals surface area (Å²) in [5.41, 5.74) is 2.26. The van der Waals surface area contributed by atoms with E-state index in [9.17, 15) is 4.39 Å². The Morgan fingerprint density at radius 3 is 2.52 bits per heavy atom. The van der Waals surface area contributed by atoms with Gasteiger partial charge in [-0.3, -0.25) is 0 Å². The van der Waals surface area contributed by atoms with Crippen molar-refractivity contribution in [3.05, 3.63) is 41.5 Å². The average molecular weight is 288 g/mol. The van der Waals surface area contributed by atoms with E-state index in [1.807, 2.05) is 19.9 Å². The molecule has 0 radical (unpaired) electrons. The molecule has 1 heterocycles. The number of anilines is 3. The van der Waals surface area contributed by atoms with Crippen molar-refractivity contribution in [2.45, 2.75) is 33.6 Å². The Hall–Kier alpha value is -2.17. The van der Waals surface area contributed by atoms with Crippen molar-refractivity contribution in [3.63, 3.8) is 0 Å². The Morgan fingerprint density at radius 2 is 1.90 bits per heavy atom. The van der Waals surface area contributed by atoms with Crippen molar-refractivity contribution in [1.82, 2.24) is 9.97 Å². The lowest BCUT2D eigenvalue weighted by Crippen LogP contribution is -2.09. The molecule has 0 atom stereocenters. The Labute approximate surface area is 124 Å². The number of aromatic nitrogens is 2. The van der Waals surface area contributed by atoms with Crippen molar-refractivity contribution in [2.24, 2.45) is 0 Å². The molecule has 112 valence electrons. The summed E-state index contributed by atoms with van der Waals surface area (Å²) in [4.78, 5) is 8.55. The van der Waals surface area contributed by atoms with Gasteiger partial charge in [0.25, 0.3) is 0 Å². The summed E-state index contributed by atoms with van der Waals surface area (Å²) in [6.07, 6.45) is 1.48. The van der Waals surface area contributed by atoms with Crippen LogP contribution in [0.3, 0.4) is 0 Å². The first-order valence-corrected chi connectivity index (χ1v) is 7.14. The maximum atomic E-state index is 14.0. The quantitative estimate of drug-likeness (QED) is 0.864. The number of benzene rings is 1. The van der Waals surface area contributed by atoms with Crippen molar-refractivity contribution in [2.75, 3.05) is 17.2 Å². The molecule has 1 aromatic heterocycles. The van der Waals surface area contributed by atoms with Crippen LogP contribution >= 0.6 is 0 Å². The summed E-state index contributed by atoms with van der Waals surface area (Å²) in [7, 11) is 0. The maximum Gasteiger partial charge on any atom is 0.146 e. The SMILES string of the molecule is CCNc1ncnc(Nc2ccc(C)cc2F)c1C(C)C. The van der Waals surface area contributed by atoms with Crippen LogP contribution in [0.25, 0.3) is 0 Å². The van der Waals surface area contributed by atoms with Crippen molar-refractivity contribution in [1.29, 1.82) is 0 Å². The van der Waals surface area contributed by atoms with Gasteiger partial charge in [-0.1, -0.05) is 19.9 Å². The molecule has 0 saturated carbocycles. The summed E-state index contributed by atoms with van der Waals surface area (Å²) >= 11 is 0. The molecule has 0 fully saturated rings. The van der Waals surface area contributed by atoms with Crippen molar-refractivity contribution < 1.29 is 4.39 Å². The monoisotopic (exact) mass is 288 g/mol. The van der Waals surface area contributed by atoms with Crippen LogP contribution in [0.4, 0.5) is 21.7 Å². The van der Waals surface area contributed by atoms with Gasteiger partial charge < -0.3 is 10.6 Å². The molecule has 0 aliphatic rings. The van der Waals surface area contributed by atoms with Crippen LogP contribution in [-0.2, 0) is 0 Å². The summed E-state index contributed by atoms with van der Waals surface area (Å²) in [6, 6.07) is 5.10. The normalized spacial score (nSPS) is 10.8. The molecular weight excluding hydrogens is 267 g/mol. The fourth-order valence-electron chi connectivity index (χ4n) is 2.20. The van der Waals surface area contributed by atoms with Crippen LogP contribution in [0.2, 0.25) is 0 Å². The summed E-state index contributed by atoms with van der Waals surface area (Å²) in [6.45, 7) is 8.78. The van der Waals surface area contributed by atoms with E-state index in [1.165, 1.54) is 12.4 Å². The first-order valence-electron chi connectivity index (χ1n) is 7.14. The zero-order chi connectivity index (χ0) is 15.4. The molecule has 0 aliphatic heterocycles. The minimum Gasteiger partial charge on any atom is -0.370 e. The number of rotatable bonds is 5. The highest BCUT2D eigenvalue weighted by atomic mass is 19.1. The highest BCUT2D eigenvalue weighted by molar-refractivity contribution is 5.66. The lowest BCUT2D eigenvalue weighted by atomic mass is 10.0. The van der Waals surface area contributed by atoms with Gasteiger partial charge in [-0.15, -0.1) is 0 Å². The Bertz CT molecular complexity index is 626. The van der Waals surface area contributed by atoms with Crippen LogP contribution in [0.15, 0.2) is 24.5 Å². The molecule has 2 N–H and O–H groups in total.